The van der Waals surface area contributed by atoms with Gasteiger partial charge in [0, 0.05) is 23.6 Å². The van der Waals surface area contributed by atoms with Gasteiger partial charge >= 0.3 is 5.97 Å². The zero-order valence-electron chi connectivity index (χ0n) is 15.3. The fourth-order valence-corrected chi connectivity index (χ4v) is 4.09. The number of carbonyl (C=O) groups excluding carboxylic acids is 4. The summed E-state index contributed by atoms with van der Waals surface area (Å²) in [6, 6.07) is 1.95. The van der Waals surface area contributed by atoms with E-state index in [1.165, 1.54) is 6.92 Å². The summed E-state index contributed by atoms with van der Waals surface area (Å²) >= 11 is 6.58. The number of rotatable bonds is 4. The van der Waals surface area contributed by atoms with Gasteiger partial charge in [-0.3, -0.25) is 19.2 Å². The third-order valence-corrected chi connectivity index (χ3v) is 5.65. The maximum absolute atomic E-state index is 14.6. The highest BCUT2D eigenvalue weighted by molar-refractivity contribution is 8.14. The van der Waals surface area contributed by atoms with E-state index >= 15 is 0 Å². The fraction of sp³-hybridized carbons (Fsp3) is 0.300. The molecule has 2 amide bonds. The lowest BCUT2D eigenvalue weighted by Gasteiger charge is -2.17. The van der Waals surface area contributed by atoms with Gasteiger partial charge < -0.3 is 4.74 Å². The Hall–Kier alpha value is -2.63. The van der Waals surface area contributed by atoms with Crippen molar-refractivity contribution in [1.29, 1.82) is 0 Å². The maximum Gasteiger partial charge on any atom is 0.330 e. The first kappa shape index (κ1) is 21.1. The lowest BCUT2D eigenvalue weighted by atomic mass is 9.93. The zero-order chi connectivity index (χ0) is 21.1. The first-order chi connectivity index (χ1) is 13.8. The van der Waals surface area contributed by atoms with E-state index in [9.17, 15) is 23.6 Å². The number of halogens is 2. The topological polar surface area (TPSA) is 80.8 Å². The van der Waals surface area contributed by atoms with Crippen molar-refractivity contribution < 1.29 is 28.3 Å². The molecule has 2 aliphatic rings. The summed E-state index contributed by atoms with van der Waals surface area (Å²) in [4.78, 5) is 50.0. The van der Waals surface area contributed by atoms with Crippen molar-refractivity contribution in [3.05, 3.63) is 39.7 Å². The fourth-order valence-electron chi connectivity index (χ4n) is 3.16. The van der Waals surface area contributed by atoms with Gasteiger partial charge in [-0.25, -0.2) is 9.29 Å². The average molecular weight is 436 g/mol. The first-order valence-corrected chi connectivity index (χ1v) is 10.1. The zero-order valence-corrected chi connectivity index (χ0v) is 16.9. The monoisotopic (exact) mass is 435 g/mol. The van der Waals surface area contributed by atoms with Gasteiger partial charge in [-0.1, -0.05) is 29.3 Å². The lowest BCUT2D eigenvalue weighted by Crippen LogP contribution is -2.32. The SMILES string of the molecule is CC#COC(=O)CSC(=O)c1cc(N2C(=O)C3=C(CCCC3)C2=O)c(F)cc1Cl. The van der Waals surface area contributed by atoms with E-state index in [1.54, 1.807) is 0 Å². The number of imide groups is 1. The molecule has 0 fully saturated rings. The summed E-state index contributed by atoms with van der Waals surface area (Å²) < 4.78 is 19.1. The molecule has 1 aliphatic carbocycles. The smallest absolute Gasteiger partial charge is 0.330 e. The molecule has 0 radical (unpaired) electrons. The molecule has 0 N–H and O–H groups in total. The number of nitrogens with zero attached hydrogens (tertiary/aromatic N) is 1. The van der Waals surface area contributed by atoms with Crippen molar-refractivity contribution in [2.75, 3.05) is 10.7 Å². The van der Waals surface area contributed by atoms with Crippen LogP contribution < -0.4 is 4.90 Å². The van der Waals surface area contributed by atoms with Gasteiger partial charge in [-0.05, 0) is 37.8 Å². The molecule has 1 aromatic carbocycles. The van der Waals surface area contributed by atoms with E-state index in [0.717, 1.165) is 29.9 Å². The molecular weight excluding hydrogens is 421 g/mol. The molecule has 0 aromatic heterocycles. The second-order valence-corrected chi connectivity index (χ2v) is 7.65. The average Bonchev–Trinajstić information content (AvgIpc) is 2.95. The molecule has 0 spiro atoms. The van der Waals surface area contributed by atoms with Crippen LogP contribution in [0, 0.1) is 17.8 Å². The molecule has 1 aromatic rings. The lowest BCUT2D eigenvalue weighted by molar-refractivity contribution is -0.133. The van der Waals surface area contributed by atoms with Crippen molar-refractivity contribution in [3.63, 3.8) is 0 Å². The molecule has 6 nitrogen and oxygen atoms in total. The number of hydrogen-bond donors (Lipinski definition) is 0. The summed E-state index contributed by atoms with van der Waals surface area (Å²) in [5, 5.41) is -0.822. The number of amides is 2. The normalized spacial score (nSPS) is 15.8. The quantitative estimate of drug-likeness (QED) is 0.408. The molecule has 1 heterocycles. The van der Waals surface area contributed by atoms with Crippen LogP contribution in [-0.2, 0) is 19.1 Å². The molecule has 1 aliphatic heterocycles. The van der Waals surface area contributed by atoms with Crippen molar-refractivity contribution in [2.24, 2.45) is 0 Å². The number of thioether (sulfide) groups is 1. The largest absolute Gasteiger partial charge is 0.372 e. The van der Waals surface area contributed by atoms with Gasteiger partial charge in [-0.15, -0.1) is 0 Å². The van der Waals surface area contributed by atoms with Gasteiger partial charge in [0.1, 0.15) is 17.7 Å². The highest BCUT2D eigenvalue weighted by atomic mass is 35.5. The minimum absolute atomic E-state index is 0.118. The number of benzene rings is 1. The minimum Gasteiger partial charge on any atom is -0.372 e. The number of hydrogen-bond acceptors (Lipinski definition) is 6. The summed E-state index contributed by atoms with van der Waals surface area (Å²) in [5.41, 5.74) is 0.352. The number of ether oxygens (including phenoxy) is 1. The standard InChI is InChI=1S/C20H15ClFNO5S/c1-2-7-28-17(24)10-29-20(27)13-8-16(15(22)9-14(13)21)23-18(25)11-5-3-4-6-12(11)19(23)26/h8-9H,3-6,10H2,1H3. The number of carbonyl (C=O) groups is 4. The van der Waals surface area contributed by atoms with E-state index in [2.05, 4.69) is 16.8 Å². The predicted molar refractivity (Wildman–Crippen MR) is 106 cm³/mol. The molecule has 29 heavy (non-hydrogen) atoms. The van der Waals surface area contributed by atoms with E-state index in [0.29, 0.717) is 35.7 Å². The molecule has 0 saturated heterocycles. The Bertz CT molecular complexity index is 996. The maximum atomic E-state index is 14.6. The third kappa shape index (κ3) is 4.21. The molecule has 0 unspecified atom stereocenters. The van der Waals surface area contributed by atoms with Crippen LogP contribution in [0.2, 0.25) is 5.02 Å². The van der Waals surface area contributed by atoms with Crippen LogP contribution in [0.4, 0.5) is 10.1 Å². The van der Waals surface area contributed by atoms with Crippen LogP contribution in [-0.4, -0.2) is 28.7 Å². The molecule has 150 valence electrons. The third-order valence-electron chi connectivity index (χ3n) is 4.48. The number of anilines is 1. The molecule has 0 saturated carbocycles. The predicted octanol–water partition coefficient (Wildman–Crippen LogP) is 3.62. The van der Waals surface area contributed by atoms with E-state index in [4.69, 9.17) is 11.6 Å². The molecule has 0 bridgehead atoms. The van der Waals surface area contributed by atoms with E-state index in [1.807, 2.05) is 0 Å². The molecule has 9 heteroatoms. The van der Waals surface area contributed by atoms with Gasteiger partial charge in [-0.2, -0.15) is 0 Å². The van der Waals surface area contributed by atoms with Crippen molar-refractivity contribution in [1.82, 2.24) is 0 Å². The Balaban J connectivity index is 1.85. The van der Waals surface area contributed by atoms with Crippen molar-refractivity contribution in [2.45, 2.75) is 32.6 Å². The Labute approximate surface area is 175 Å². The van der Waals surface area contributed by atoms with Crippen LogP contribution in [0.5, 0.6) is 0 Å². The highest BCUT2D eigenvalue weighted by Crippen LogP contribution is 2.38. The Morgan fingerprint density at radius 3 is 2.41 bits per heavy atom. The molecule has 3 rings (SSSR count). The Morgan fingerprint density at radius 2 is 1.83 bits per heavy atom. The summed E-state index contributed by atoms with van der Waals surface area (Å²) in [7, 11) is 0. The van der Waals surface area contributed by atoms with Gasteiger partial charge in [0.2, 0.25) is 5.12 Å². The van der Waals surface area contributed by atoms with E-state index < -0.39 is 28.7 Å². The minimum atomic E-state index is -0.893. The van der Waals surface area contributed by atoms with Crippen LogP contribution in [0.15, 0.2) is 23.3 Å². The first-order valence-electron chi connectivity index (χ1n) is 8.73. The second kappa shape index (κ2) is 8.80. The molecular formula is C20H15ClFNO5S. The van der Waals surface area contributed by atoms with Gasteiger partial charge in [0.15, 0.2) is 0 Å². The number of esters is 1. The summed E-state index contributed by atoms with van der Waals surface area (Å²) in [6.07, 6.45) is 4.63. The highest BCUT2D eigenvalue weighted by Gasteiger charge is 2.41. The van der Waals surface area contributed by atoms with Crippen molar-refractivity contribution >= 4 is 51.9 Å². The van der Waals surface area contributed by atoms with Crippen LogP contribution in [0.1, 0.15) is 43.0 Å². The Morgan fingerprint density at radius 1 is 1.21 bits per heavy atom. The van der Waals surface area contributed by atoms with Crippen LogP contribution in [0.25, 0.3) is 0 Å². The van der Waals surface area contributed by atoms with Crippen LogP contribution >= 0.6 is 23.4 Å². The Kier molecular flexibility index (Phi) is 6.40. The van der Waals surface area contributed by atoms with Gasteiger partial charge in [0.05, 0.1) is 10.7 Å². The summed E-state index contributed by atoms with van der Waals surface area (Å²) in [5.74, 6) is -0.706. The molecule has 0 atom stereocenters. The van der Waals surface area contributed by atoms with Crippen LogP contribution in [0.3, 0.4) is 0 Å². The van der Waals surface area contributed by atoms with Crippen molar-refractivity contribution in [3.8, 4) is 12.0 Å². The van der Waals surface area contributed by atoms with E-state index in [-0.39, 0.29) is 22.0 Å². The van der Waals surface area contributed by atoms with Gasteiger partial charge in [0.25, 0.3) is 11.8 Å². The second-order valence-electron chi connectivity index (χ2n) is 6.30. The summed E-state index contributed by atoms with van der Waals surface area (Å²) in [6.45, 7) is 1.49.